The lowest BCUT2D eigenvalue weighted by Crippen LogP contribution is -2.33. The second-order valence-electron chi connectivity index (χ2n) is 4.58. The smallest absolute Gasteiger partial charge is 0.326 e. The summed E-state index contributed by atoms with van der Waals surface area (Å²) in [5, 5.41) is 9.29. The molecule has 112 valence electrons. The SMILES string of the molecule is Cc1cc(S(=O)(=O)N[C@@H](C(=O)O)c2ccccc2)c(C)s1. The lowest BCUT2D eigenvalue weighted by atomic mass is 10.1. The summed E-state index contributed by atoms with van der Waals surface area (Å²) < 4.78 is 27.0. The molecule has 2 N–H and O–H groups in total. The van der Waals surface area contributed by atoms with Crippen molar-refractivity contribution in [2.45, 2.75) is 24.8 Å². The van der Waals surface area contributed by atoms with Crippen LogP contribution in [0.3, 0.4) is 0 Å². The summed E-state index contributed by atoms with van der Waals surface area (Å²) in [6, 6.07) is 8.46. The summed E-state index contributed by atoms with van der Waals surface area (Å²) in [5.74, 6) is -1.24. The number of aliphatic carboxylic acids is 1. The Hall–Kier alpha value is -1.70. The van der Waals surface area contributed by atoms with Gasteiger partial charge in [-0.1, -0.05) is 30.3 Å². The summed E-state index contributed by atoms with van der Waals surface area (Å²) >= 11 is 1.36. The topological polar surface area (TPSA) is 83.5 Å². The van der Waals surface area contributed by atoms with Crippen molar-refractivity contribution in [3.63, 3.8) is 0 Å². The molecular formula is C14H15NO4S2. The monoisotopic (exact) mass is 325 g/mol. The highest BCUT2D eigenvalue weighted by atomic mass is 32.2. The van der Waals surface area contributed by atoms with Gasteiger partial charge in [0.2, 0.25) is 10.0 Å². The number of carboxylic acid groups (broad SMARTS) is 1. The minimum absolute atomic E-state index is 0.132. The van der Waals surface area contributed by atoms with Crippen molar-refractivity contribution in [2.75, 3.05) is 0 Å². The van der Waals surface area contributed by atoms with Gasteiger partial charge in [-0.05, 0) is 25.5 Å². The molecule has 0 aliphatic rings. The summed E-state index contributed by atoms with van der Waals surface area (Å²) in [6.07, 6.45) is 0. The molecule has 0 amide bonds. The van der Waals surface area contributed by atoms with Gasteiger partial charge in [-0.25, -0.2) is 8.42 Å². The first kappa shape index (κ1) is 15.7. The molecular weight excluding hydrogens is 310 g/mol. The van der Waals surface area contributed by atoms with Crippen molar-refractivity contribution in [2.24, 2.45) is 0 Å². The number of thiophene rings is 1. The van der Waals surface area contributed by atoms with Crippen LogP contribution in [0.4, 0.5) is 0 Å². The first-order valence-corrected chi connectivity index (χ1v) is 8.48. The Kier molecular flexibility index (Phi) is 4.46. The van der Waals surface area contributed by atoms with Gasteiger partial charge in [-0.2, -0.15) is 4.72 Å². The first-order valence-electron chi connectivity index (χ1n) is 6.18. The Bertz CT molecular complexity index is 751. The van der Waals surface area contributed by atoms with Gasteiger partial charge < -0.3 is 5.11 Å². The molecule has 0 saturated heterocycles. The van der Waals surface area contributed by atoms with E-state index in [1.54, 1.807) is 43.3 Å². The van der Waals surface area contributed by atoms with Crippen LogP contribution >= 0.6 is 11.3 Å². The second-order valence-corrected chi connectivity index (χ2v) is 7.72. The average Bonchev–Trinajstić information content (AvgIpc) is 2.77. The van der Waals surface area contributed by atoms with E-state index in [9.17, 15) is 18.3 Å². The molecule has 1 aromatic heterocycles. The summed E-state index contributed by atoms with van der Waals surface area (Å²) in [5.41, 5.74) is 0.387. The van der Waals surface area contributed by atoms with Crippen molar-refractivity contribution in [3.05, 3.63) is 51.7 Å². The lowest BCUT2D eigenvalue weighted by molar-refractivity contribution is -0.139. The predicted octanol–water partition coefficient (Wildman–Crippen LogP) is 2.47. The largest absolute Gasteiger partial charge is 0.480 e. The van der Waals surface area contributed by atoms with Crippen LogP contribution in [0.1, 0.15) is 21.4 Å². The highest BCUT2D eigenvalue weighted by Gasteiger charge is 2.28. The molecule has 0 radical (unpaired) electrons. The van der Waals surface area contributed by atoms with Crippen molar-refractivity contribution < 1.29 is 18.3 Å². The number of aryl methyl sites for hydroxylation is 2. The maximum Gasteiger partial charge on any atom is 0.326 e. The van der Waals surface area contributed by atoms with E-state index < -0.39 is 22.0 Å². The van der Waals surface area contributed by atoms with Gasteiger partial charge in [-0.3, -0.25) is 4.79 Å². The molecule has 7 heteroatoms. The highest BCUT2D eigenvalue weighted by molar-refractivity contribution is 7.89. The normalized spacial score (nSPS) is 13.0. The van der Waals surface area contributed by atoms with Crippen LogP contribution < -0.4 is 4.72 Å². The number of carboxylic acids is 1. The average molecular weight is 325 g/mol. The van der Waals surface area contributed by atoms with Gasteiger partial charge in [0.1, 0.15) is 6.04 Å². The fraction of sp³-hybridized carbons (Fsp3) is 0.214. The first-order chi connectivity index (χ1) is 9.81. The zero-order valence-electron chi connectivity index (χ0n) is 11.5. The molecule has 0 saturated carbocycles. The maximum absolute atomic E-state index is 12.4. The number of carbonyl (C=O) groups is 1. The molecule has 0 aliphatic heterocycles. The van der Waals surface area contributed by atoms with E-state index in [1.165, 1.54) is 11.3 Å². The Balaban J connectivity index is 2.37. The van der Waals surface area contributed by atoms with Gasteiger partial charge in [0.25, 0.3) is 0 Å². The van der Waals surface area contributed by atoms with E-state index in [0.29, 0.717) is 10.4 Å². The number of benzene rings is 1. The molecule has 2 aromatic rings. The third kappa shape index (κ3) is 3.49. The number of hydrogen-bond acceptors (Lipinski definition) is 4. The predicted molar refractivity (Wildman–Crippen MR) is 80.9 cm³/mol. The van der Waals surface area contributed by atoms with Gasteiger partial charge in [0.15, 0.2) is 0 Å². The third-order valence-corrected chi connectivity index (χ3v) is 5.58. The van der Waals surface area contributed by atoms with E-state index in [2.05, 4.69) is 4.72 Å². The fourth-order valence-corrected chi connectivity index (χ4v) is 4.73. The molecule has 21 heavy (non-hydrogen) atoms. The third-order valence-electron chi connectivity index (χ3n) is 2.94. The molecule has 0 fully saturated rings. The molecule has 0 spiro atoms. The van der Waals surface area contributed by atoms with E-state index >= 15 is 0 Å². The van der Waals surface area contributed by atoms with Crippen molar-refractivity contribution in [1.82, 2.24) is 4.72 Å². The van der Waals surface area contributed by atoms with Crippen LogP contribution in [-0.4, -0.2) is 19.5 Å². The standard InChI is InChI=1S/C14H15NO4S2/c1-9-8-12(10(2)20-9)21(18,19)15-13(14(16)17)11-6-4-3-5-7-11/h3-8,13,15H,1-2H3,(H,16,17)/t13-/m1/s1. The van der Waals surface area contributed by atoms with Gasteiger partial charge >= 0.3 is 5.97 Å². The molecule has 0 bridgehead atoms. The van der Waals surface area contributed by atoms with E-state index in [0.717, 1.165) is 4.88 Å². The molecule has 0 unspecified atom stereocenters. The van der Waals surface area contributed by atoms with Crippen LogP contribution in [0.5, 0.6) is 0 Å². The fourth-order valence-electron chi connectivity index (χ4n) is 2.00. The molecule has 2 rings (SSSR count). The minimum atomic E-state index is -3.88. The zero-order valence-corrected chi connectivity index (χ0v) is 13.2. The molecule has 5 nitrogen and oxygen atoms in total. The summed E-state index contributed by atoms with van der Waals surface area (Å²) in [6.45, 7) is 3.51. The number of hydrogen-bond donors (Lipinski definition) is 2. The minimum Gasteiger partial charge on any atom is -0.480 e. The van der Waals surface area contributed by atoms with Gasteiger partial charge in [0.05, 0.1) is 4.90 Å². The second kappa shape index (κ2) is 5.97. The highest BCUT2D eigenvalue weighted by Crippen LogP contribution is 2.26. The van der Waals surface area contributed by atoms with Crippen LogP contribution in [0.2, 0.25) is 0 Å². The number of nitrogens with one attached hydrogen (secondary N) is 1. The summed E-state index contributed by atoms with van der Waals surface area (Å²) in [7, 11) is -3.88. The lowest BCUT2D eigenvalue weighted by Gasteiger charge is -2.15. The van der Waals surface area contributed by atoms with Crippen LogP contribution in [0.15, 0.2) is 41.3 Å². The zero-order chi connectivity index (χ0) is 15.6. The molecule has 1 atom stereocenters. The van der Waals surface area contributed by atoms with Crippen LogP contribution in [-0.2, 0) is 14.8 Å². The Labute approximate surface area is 127 Å². The van der Waals surface area contributed by atoms with Gasteiger partial charge in [0, 0.05) is 9.75 Å². The Morgan fingerprint density at radius 3 is 2.33 bits per heavy atom. The summed E-state index contributed by atoms with van der Waals surface area (Å²) in [4.78, 5) is 13.0. The number of sulfonamides is 1. The van der Waals surface area contributed by atoms with E-state index in [1.807, 2.05) is 6.92 Å². The van der Waals surface area contributed by atoms with Crippen molar-refractivity contribution in [1.29, 1.82) is 0 Å². The number of rotatable bonds is 5. The molecule has 0 aliphatic carbocycles. The van der Waals surface area contributed by atoms with Crippen molar-refractivity contribution >= 4 is 27.3 Å². The van der Waals surface area contributed by atoms with Gasteiger partial charge in [-0.15, -0.1) is 11.3 Å². The quantitative estimate of drug-likeness (QED) is 0.884. The van der Waals surface area contributed by atoms with Crippen LogP contribution in [0, 0.1) is 13.8 Å². The maximum atomic E-state index is 12.4. The van der Waals surface area contributed by atoms with E-state index in [-0.39, 0.29) is 4.90 Å². The Morgan fingerprint density at radius 1 is 1.24 bits per heavy atom. The van der Waals surface area contributed by atoms with E-state index in [4.69, 9.17) is 0 Å². The van der Waals surface area contributed by atoms with Crippen molar-refractivity contribution in [3.8, 4) is 0 Å². The Morgan fingerprint density at radius 2 is 1.86 bits per heavy atom. The van der Waals surface area contributed by atoms with Crippen LogP contribution in [0.25, 0.3) is 0 Å². The molecule has 1 heterocycles. The molecule has 1 aromatic carbocycles.